The lowest BCUT2D eigenvalue weighted by molar-refractivity contribution is -0.138. The Labute approximate surface area is 174 Å². The molecule has 0 saturated heterocycles. The highest BCUT2D eigenvalue weighted by molar-refractivity contribution is 14.0. The van der Waals surface area contributed by atoms with Crippen molar-refractivity contribution in [3.8, 4) is 0 Å². The van der Waals surface area contributed by atoms with Crippen LogP contribution >= 0.6 is 24.0 Å². The van der Waals surface area contributed by atoms with Crippen LogP contribution in [0.2, 0.25) is 0 Å². The second-order valence-electron chi connectivity index (χ2n) is 7.17. The zero-order chi connectivity index (χ0) is 18.3. The number of aliphatic imine (C=N–C) groups is 1. The van der Waals surface area contributed by atoms with Crippen molar-refractivity contribution in [2.45, 2.75) is 38.5 Å². The molecule has 26 heavy (non-hydrogen) atoms. The summed E-state index contributed by atoms with van der Waals surface area (Å²) in [6, 6.07) is 0. The minimum atomic E-state index is -0.281. The molecule has 8 heteroatoms. The van der Waals surface area contributed by atoms with Crippen LogP contribution in [0.4, 0.5) is 0 Å². The van der Waals surface area contributed by atoms with E-state index < -0.39 is 0 Å². The van der Waals surface area contributed by atoms with Gasteiger partial charge in [0, 0.05) is 47.5 Å². The number of hydrogen-bond donors (Lipinski definition) is 2. The summed E-state index contributed by atoms with van der Waals surface area (Å²) >= 11 is 0. The number of aromatic nitrogens is 2. The first-order valence-electron chi connectivity index (χ1n) is 9.11. The number of guanidine groups is 1. The molecule has 2 rings (SSSR count). The van der Waals surface area contributed by atoms with Gasteiger partial charge in [0.1, 0.15) is 0 Å². The van der Waals surface area contributed by atoms with Gasteiger partial charge in [0.25, 0.3) is 0 Å². The van der Waals surface area contributed by atoms with E-state index in [4.69, 9.17) is 0 Å². The largest absolute Gasteiger partial charge is 0.356 e. The number of amides is 1. The van der Waals surface area contributed by atoms with Crippen molar-refractivity contribution in [2.24, 2.45) is 17.5 Å². The number of nitrogens with zero attached hydrogens (tertiary/aromatic N) is 4. The number of aryl methyl sites for hydroxylation is 2. The Hall–Kier alpha value is -1.32. The lowest BCUT2D eigenvalue weighted by Crippen LogP contribution is -2.49. The predicted molar refractivity (Wildman–Crippen MR) is 116 cm³/mol. The SMILES string of the molecule is CN=C(NCCCc1cnn(C)c1)NCC1(C(=O)N(C)C)CCCC1.I. The van der Waals surface area contributed by atoms with Gasteiger partial charge in [0.15, 0.2) is 5.96 Å². The molecule has 0 unspecified atom stereocenters. The van der Waals surface area contributed by atoms with Gasteiger partial charge in [-0.25, -0.2) is 0 Å². The molecule has 1 fully saturated rings. The van der Waals surface area contributed by atoms with E-state index in [-0.39, 0.29) is 35.3 Å². The average Bonchev–Trinajstić information content (AvgIpc) is 3.23. The molecule has 2 N–H and O–H groups in total. The minimum Gasteiger partial charge on any atom is -0.356 e. The van der Waals surface area contributed by atoms with E-state index in [1.807, 2.05) is 38.2 Å². The van der Waals surface area contributed by atoms with Gasteiger partial charge in [0.05, 0.1) is 11.6 Å². The van der Waals surface area contributed by atoms with Gasteiger partial charge in [-0.3, -0.25) is 14.5 Å². The molecule has 1 aliphatic carbocycles. The number of hydrogen-bond acceptors (Lipinski definition) is 3. The molecular weight excluding hydrogens is 443 g/mol. The molecule has 0 spiro atoms. The Bertz CT molecular complexity index is 592. The highest BCUT2D eigenvalue weighted by atomic mass is 127. The van der Waals surface area contributed by atoms with Crippen LogP contribution in [-0.4, -0.2) is 60.8 Å². The normalized spacial score (nSPS) is 16.1. The summed E-state index contributed by atoms with van der Waals surface area (Å²) in [4.78, 5) is 18.6. The van der Waals surface area contributed by atoms with Gasteiger partial charge in [-0.1, -0.05) is 12.8 Å². The van der Waals surface area contributed by atoms with Gasteiger partial charge >= 0.3 is 0 Å². The Kier molecular flexibility index (Phi) is 9.38. The zero-order valence-electron chi connectivity index (χ0n) is 16.4. The summed E-state index contributed by atoms with van der Waals surface area (Å²) in [6.45, 7) is 1.48. The molecule has 1 aliphatic rings. The van der Waals surface area contributed by atoms with Crippen molar-refractivity contribution >= 4 is 35.8 Å². The molecule has 7 nitrogen and oxygen atoms in total. The second kappa shape index (κ2) is 10.7. The van der Waals surface area contributed by atoms with Gasteiger partial charge in [0.2, 0.25) is 5.91 Å². The molecule has 0 atom stereocenters. The molecule has 1 aromatic rings. The molecule has 1 aromatic heterocycles. The van der Waals surface area contributed by atoms with Crippen molar-refractivity contribution in [3.63, 3.8) is 0 Å². The molecule has 148 valence electrons. The third kappa shape index (κ3) is 6.14. The monoisotopic (exact) mass is 476 g/mol. The van der Waals surface area contributed by atoms with Crippen LogP contribution in [-0.2, 0) is 18.3 Å². The van der Waals surface area contributed by atoms with E-state index in [1.54, 1.807) is 11.9 Å². The smallest absolute Gasteiger partial charge is 0.230 e. The summed E-state index contributed by atoms with van der Waals surface area (Å²) in [5.74, 6) is 0.994. The second-order valence-corrected chi connectivity index (χ2v) is 7.17. The summed E-state index contributed by atoms with van der Waals surface area (Å²) < 4.78 is 1.83. The Morgan fingerprint density at radius 2 is 2.04 bits per heavy atom. The number of halogens is 1. The molecule has 1 heterocycles. The fraction of sp³-hybridized carbons (Fsp3) is 0.722. The molecule has 1 saturated carbocycles. The Balaban J connectivity index is 0.00000338. The lowest BCUT2D eigenvalue weighted by Gasteiger charge is -2.31. The quantitative estimate of drug-likeness (QED) is 0.273. The fourth-order valence-corrected chi connectivity index (χ4v) is 3.57. The Morgan fingerprint density at radius 1 is 1.35 bits per heavy atom. The third-order valence-corrected chi connectivity index (χ3v) is 4.93. The fourth-order valence-electron chi connectivity index (χ4n) is 3.57. The molecule has 1 amide bonds. The van der Waals surface area contributed by atoms with Crippen LogP contribution in [0, 0.1) is 5.41 Å². The summed E-state index contributed by atoms with van der Waals surface area (Å²) in [6.07, 6.45) is 10.1. The number of rotatable bonds is 7. The summed E-state index contributed by atoms with van der Waals surface area (Å²) in [5, 5.41) is 10.9. The number of carbonyl (C=O) groups is 1. The van der Waals surface area contributed by atoms with Crippen molar-refractivity contribution in [3.05, 3.63) is 18.0 Å². The molecule has 0 bridgehead atoms. The van der Waals surface area contributed by atoms with Gasteiger partial charge in [-0.15, -0.1) is 24.0 Å². The van der Waals surface area contributed by atoms with E-state index in [2.05, 4.69) is 20.7 Å². The maximum atomic E-state index is 12.6. The maximum absolute atomic E-state index is 12.6. The number of carbonyl (C=O) groups excluding carboxylic acids is 1. The first kappa shape index (κ1) is 22.7. The first-order chi connectivity index (χ1) is 12.0. The first-order valence-corrected chi connectivity index (χ1v) is 9.11. The van der Waals surface area contributed by atoms with E-state index in [0.29, 0.717) is 6.54 Å². The average molecular weight is 476 g/mol. The lowest BCUT2D eigenvalue weighted by atomic mass is 9.84. The van der Waals surface area contributed by atoms with E-state index in [9.17, 15) is 4.79 Å². The van der Waals surface area contributed by atoms with Crippen LogP contribution in [0.1, 0.15) is 37.7 Å². The van der Waals surface area contributed by atoms with Crippen LogP contribution < -0.4 is 10.6 Å². The van der Waals surface area contributed by atoms with Crippen molar-refractivity contribution in [1.82, 2.24) is 25.3 Å². The summed E-state index contributed by atoms with van der Waals surface area (Å²) in [5.41, 5.74) is 0.963. The van der Waals surface area contributed by atoms with Gasteiger partial charge in [-0.05, 0) is 31.2 Å². The predicted octanol–water partition coefficient (Wildman–Crippen LogP) is 1.78. The zero-order valence-corrected chi connectivity index (χ0v) is 18.7. The van der Waals surface area contributed by atoms with Crippen LogP contribution in [0.3, 0.4) is 0 Å². The maximum Gasteiger partial charge on any atom is 0.230 e. The van der Waals surface area contributed by atoms with Crippen molar-refractivity contribution in [1.29, 1.82) is 0 Å². The molecular formula is C18H33IN6O. The van der Waals surface area contributed by atoms with E-state index in [0.717, 1.165) is 51.0 Å². The molecule has 0 aliphatic heterocycles. The van der Waals surface area contributed by atoms with Crippen LogP contribution in [0.25, 0.3) is 0 Å². The van der Waals surface area contributed by atoms with Gasteiger partial charge in [-0.2, -0.15) is 5.10 Å². The standard InChI is InChI=1S/C18H32N6O.HI/c1-19-17(20-11-7-8-15-12-22-24(4)13-15)21-14-18(9-5-6-10-18)16(25)23(2)3;/h12-13H,5-11,14H2,1-4H3,(H2,19,20,21);1H. The molecule has 0 aromatic carbocycles. The van der Waals surface area contributed by atoms with E-state index >= 15 is 0 Å². The minimum absolute atomic E-state index is 0. The highest BCUT2D eigenvalue weighted by Gasteiger charge is 2.42. The van der Waals surface area contributed by atoms with Crippen LogP contribution in [0.15, 0.2) is 17.4 Å². The topological polar surface area (TPSA) is 74.5 Å². The van der Waals surface area contributed by atoms with Crippen molar-refractivity contribution < 1.29 is 4.79 Å². The van der Waals surface area contributed by atoms with Crippen molar-refractivity contribution in [2.75, 3.05) is 34.2 Å². The Morgan fingerprint density at radius 3 is 2.58 bits per heavy atom. The summed E-state index contributed by atoms with van der Waals surface area (Å²) in [7, 11) is 7.38. The third-order valence-electron chi connectivity index (χ3n) is 4.93. The van der Waals surface area contributed by atoms with Gasteiger partial charge < -0.3 is 15.5 Å². The van der Waals surface area contributed by atoms with Crippen LogP contribution in [0.5, 0.6) is 0 Å². The van der Waals surface area contributed by atoms with E-state index in [1.165, 1.54) is 5.56 Å². The highest BCUT2D eigenvalue weighted by Crippen LogP contribution is 2.38. The molecule has 0 radical (unpaired) electrons. The number of nitrogens with one attached hydrogen (secondary N) is 2.